The van der Waals surface area contributed by atoms with E-state index >= 15 is 0 Å². The number of aliphatic hydroxyl groups excluding tert-OH is 1. The van der Waals surface area contributed by atoms with Crippen LogP contribution in [0.3, 0.4) is 0 Å². The molecule has 0 bridgehead atoms. The Kier molecular flexibility index (Phi) is 3.60. The molecule has 1 heterocycles. The minimum Gasteiger partial charge on any atom is -0.444 e. The number of carbonyl (C=O) groups excluding carboxylic acids is 1. The van der Waals surface area contributed by atoms with Crippen molar-refractivity contribution in [3.63, 3.8) is 0 Å². The van der Waals surface area contributed by atoms with Gasteiger partial charge in [-0.25, -0.2) is 4.79 Å². The molecule has 4 nitrogen and oxygen atoms in total. The highest BCUT2D eigenvalue weighted by Crippen LogP contribution is 2.24. The lowest BCUT2D eigenvalue weighted by atomic mass is 10.1. The van der Waals surface area contributed by atoms with Gasteiger partial charge in [-0.3, -0.25) is 0 Å². The van der Waals surface area contributed by atoms with Crippen molar-refractivity contribution in [1.29, 1.82) is 0 Å². The Hall–Kier alpha value is -0.770. The summed E-state index contributed by atoms with van der Waals surface area (Å²) in [6, 6.07) is 0.164. The molecule has 15 heavy (non-hydrogen) atoms. The lowest BCUT2D eigenvalue weighted by molar-refractivity contribution is 0.0230. The van der Waals surface area contributed by atoms with Crippen LogP contribution >= 0.6 is 0 Å². The average Bonchev–Trinajstić information content (AvgIpc) is 2.43. The van der Waals surface area contributed by atoms with E-state index in [-0.39, 0.29) is 24.7 Å². The van der Waals surface area contributed by atoms with Gasteiger partial charge in [-0.2, -0.15) is 0 Å². The number of likely N-dealkylation sites (tertiary alicyclic amines) is 1. The van der Waals surface area contributed by atoms with Crippen molar-refractivity contribution in [3.8, 4) is 0 Å². The molecule has 88 valence electrons. The van der Waals surface area contributed by atoms with Crippen LogP contribution in [0.1, 0.15) is 34.1 Å². The van der Waals surface area contributed by atoms with Gasteiger partial charge in [0.25, 0.3) is 0 Å². The second-order valence-electron chi connectivity index (χ2n) is 5.27. The smallest absolute Gasteiger partial charge is 0.410 e. The predicted octanol–water partition coefficient (Wildman–Crippen LogP) is 1.62. The van der Waals surface area contributed by atoms with Crippen molar-refractivity contribution < 1.29 is 14.6 Å². The molecule has 0 aliphatic carbocycles. The summed E-state index contributed by atoms with van der Waals surface area (Å²) in [5.41, 5.74) is -0.450. The molecule has 1 rings (SSSR count). The molecular weight excluding hydrogens is 194 g/mol. The first-order valence-corrected chi connectivity index (χ1v) is 5.44. The zero-order valence-electron chi connectivity index (χ0n) is 9.99. The Balaban J connectivity index is 2.54. The monoisotopic (exact) mass is 215 g/mol. The first-order valence-electron chi connectivity index (χ1n) is 5.44. The van der Waals surface area contributed by atoms with Crippen molar-refractivity contribution in [3.05, 3.63) is 0 Å². The molecule has 0 spiro atoms. The summed E-state index contributed by atoms with van der Waals surface area (Å²) in [5, 5.41) is 9.04. The van der Waals surface area contributed by atoms with Gasteiger partial charge in [0.2, 0.25) is 0 Å². The lowest BCUT2D eigenvalue weighted by Crippen LogP contribution is -2.38. The van der Waals surface area contributed by atoms with E-state index < -0.39 is 5.60 Å². The summed E-state index contributed by atoms with van der Waals surface area (Å²) in [6.07, 6.45) is 0.585. The van der Waals surface area contributed by atoms with E-state index in [1.165, 1.54) is 0 Å². The van der Waals surface area contributed by atoms with Crippen LogP contribution in [0, 0.1) is 5.92 Å². The van der Waals surface area contributed by atoms with Gasteiger partial charge >= 0.3 is 6.09 Å². The van der Waals surface area contributed by atoms with E-state index in [1.807, 2.05) is 27.7 Å². The molecular formula is C11H21NO3. The van der Waals surface area contributed by atoms with Crippen LogP contribution in [-0.2, 0) is 4.74 Å². The number of ether oxygens (including phenoxy) is 1. The number of amides is 1. The highest BCUT2D eigenvalue weighted by Gasteiger charge is 2.34. The van der Waals surface area contributed by atoms with E-state index in [4.69, 9.17) is 9.84 Å². The molecule has 1 N–H and O–H groups in total. The molecule has 0 unspecified atom stereocenters. The Morgan fingerprint density at radius 3 is 2.53 bits per heavy atom. The number of carbonyl (C=O) groups is 1. The fourth-order valence-corrected chi connectivity index (χ4v) is 1.85. The van der Waals surface area contributed by atoms with Crippen molar-refractivity contribution >= 4 is 6.09 Å². The molecule has 0 aromatic heterocycles. The maximum absolute atomic E-state index is 11.8. The van der Waals surface area contributed by atoms with Gasteiger partial charge in [0.05, 0.1) is 0 Å². The molecule has 1 aliphatic rings. The molecule has 1 amide bonds. The van der Waals surface area contributed by atoms with E-state index in [0.717, 1.165) is 6.42 Å². The first-order chi connectivity index (χ1) is 6.83. The second-order valence-corrected chi connectivity index (χ2v) is 5.27. The third kappa shape index (κ3) is 3.38. The molecule has 0 saturated carbocycles. The molecule has 1 fully saturated rings. The summed E-state index contributed by atoms with van der Waals surface area (Å²) in [6.45, 7) is 8.30. The molecule has 0 radical (unpaired) electrons. The van der Waals surface area contributed by atoms with E-state index in [2.05, 4.69) is 0 Å². The van der Waals surface area contributed by atoms with Crippen LogP contribution in [-0.4, -0.2) is 40.9 Å². The van der Waals surface area contributed by atoms with Crippen molar-refractivity contribution in [1.82, 2.24) is 4.90 Å². The van der Waals surface area contributed by atoms with Crippen LogP contribution in [0.5, 0.6) is 0 Å². The van der Waals surface area contributed by atoms with Crippen LogP contribution in [0.2, 0.25) is 0 Å². The first kappa shape index (κ1) is 12.3. The van der Waals surface area contributed by atoms with Crippen molar-refractivity contribution in [2.24, 2.45) is 5.92 Å². The van der Waals surface area contributed by atoms with Gasteiger partial charge < -0.3 is 14.7 Å². The lowest BCUT2D eigenvalue weighted by Gasteiger charge is -2.26. The molecule has 0 aromatic carbocycles. The zero-order valence-corrected chi connectivity index (χ0v) is 9.99. The normalized spacial score (nSPS) is 26.9. The number of nitrogens with zero attached hydrogens (tertiary/aromatic N) is 1. The van der Waals surface area contributed by atoms with Gasteiger partial charge in [0.15, 0.2) is 0 Å². The van der Waals surface area contributed by atoms with Gasteiger partial charge in [-0.05, 0) is 34.1 Å². The summed E-state index contributed by atoms with van der Waals surface area (Å²) >= 11 is 0. The molecule has 2 atom stereocenters. The zero-order chi connectivity index (χ0) is 11.6. The third-order valence-electron chi connectivity index (χ3n) is 2.55. The van der Waals surface area contributed by atoms with E-state index in [9.17, 15) is 4.79 Å². The van der Waals surface area contributed by atoms with Crippen LogP contribution < -0.4 is 0 Å². The fraction of sp³-hybridized carbons (Fsp3) is 0.909. The van der Waals surface area contributed by atoms with Gasteiger partial charge in [-0.1, -0.05) is 0 Å². The Morgan fingerprint density at radius 1 is 1.53 bits per heavy atom. The average molecular weight is 215 g/mol. The standard InChI is InChI=1S/C11H21NO3/c1-8-5-9(7-13)6-12(8)10(14)15-11(2,3)4/h8-9,13H,5-7H2,1-4H3/t8-,9+/m0/s1. The van der Waals surface area contributed by atoms with Gasteiger partial charge in [0, 0.05) is 25.1 Å². The maximum atomic E-state index is 11.8. The highest BCUT2D eigenvalue weighted by molar-refractivity contribution is 5.68. The summed E-state index contributed by atoms with van der Waals surface area (Å²) < 4.78 is 5.29. The quantitative estimate of drug-likeness (QED) is 0.723. The second kappa shape index (κ2) is 4.39. The van der Waals surface area contributed by atoms with Crippen LogP contribution in [0.4, 0.5) is 4.79 Å². The summed E-state index contributed by atoms with van der Waals surface area (Å²) in [4.78, 5) is 13.5. The predicted molar refractivity (Wildman–Crippen MR) is 57.6 cm³/mol. The fourth-order valence-electron chi connectivity index (χ4n) is 1.85. The Labute approximate surface area is 91.2 Å². The van der Waals surface area contributed by atoms with Crippen molar-refractivity contribution in [2.75, 3.05) is 13.2 Å². The summed E-state index contributed by atoms with van der Waals surface area (Å²) in [5.74, 6) is 0.201. The largest absolute Gasteiger partial charge is 0.444 e. The number of rotatable bonds is 1. The molecule has 0 aromatic rings. The minimum absolute atomic E-state index is 0.142. The van der Waals surface area contributed by atoms with Crippen molar-refractivity contribution in [2.45, 2.75) is 45.8 Å². The SMILES string of the molecule is C[C@H]1C[C@@H](CO)CN1C(=O)OC(C)(C)C. The Morgan fingerprint density at radius 2 is 2.13 bits per heavy atom. The number of hydrogen-bond acceptors (Lipinski definition) is 3. The number of hydrogen-bond donors (Lipinski definition) is 1. The topological polar surface area (TPSA) is 49.8 Å². The minimum atomic E-state index is -0.450. The van der Waals surface area contributed by atoms with E-state index in [1.54, 1.807) is 4.90 Å². The summed E-state index contributed by atoms with van der Waals surface area (Å²) in [7, 11) is 0. The highest BCUT2D eigenvalue weighted by atomic mass is 16.6. The van der Waals surface area contributed by atoms with Crippen LogP contribution in [0.25, 0.3) is 0 Å². The van der Waals surface area contributed by atoms with Crippen LogP contribution in [0.15, 0.2) is 0 Å². The van der Waals surface area contributed by atoms with E-state index in [0.29, 0.717) is 6.54 Å². The molecule has 4 heteroatoms. The Bertz CT molecular complexity index is 234. The van der Waals surface area contributed by atoms with Gasteiger partial charge in [0.1, 0.15) is 5.60 Å². The maximum Gasteiger partial charge on any atom is 0.410 e. The molecule has 1 saturated heterocycles. The third-order valence-corrected chi connectivity index (χ3v) is 2.55. The number of aliphatic hydroxyl groups is 1. The molecule has 1 aliphatic heterocycles. The van der Waals surface area contributed by atoms with Gasteiger partial charge in [-0.15, -0.1) is 0 Å².